The van der Waals surface area contributed by atoms with Crippen molar-refractivity contribution in [2.75, 3.05) is 10.7 Å². The van der Waals surface area contributed by atoms with Gasteiger partial charge in [-0.25, -0.2) is 4.99 Å². The summed E-state index contributed by atoms with van der Waals surface area (Å²) < 4.78 is 0. The molecule has 8 heteroatoms. The molecule has 1 aliphatic carbocycles. The number of carbonyl (C=O) groups is 2. The summed E-state index contributed by atoms with van der Waals surface area (Å²) in [6, 6.07) is 14.7. The summed E-state index contributed by atoms with van der Waals surface area (Å²) in [7, 11) is 0. The number of hydrogen-bond donors (Lipinski definition) is 1. The molecule has 0 unspecified atom stereocenters. The van der Waals surface area contributed by atoms with Gasteiger partial charge in [-0.15, -0.1) is 0 Å². The predicted octanol–water partition coefficient (Wildman–Crippen LogP) is 5.92. The van der Waals surface area contributed by atoms with E-state index in [1.165, 1.54) is 23.1 Å². The zero-order valence-corrected chi connectivity index (χ0v) is 19.7. The Labute approximate surface area is 201 Å². The highest BCUT2D eigenvalue weighted by atomic mass is 35.5. The van der Waals surface area contributed by atoms with Gasteiger partial charge in [0.2, 0.25) is 5.91 Å². The van der Waals surface area contributed by atoms with Crippen LogP contribution < -0.4 is 10.2 Å². The van der Waals surface area contributed by atoms with Crippen LogP contribution in [-0.2, 0) is 9.59 Å². The number of aliphatic imine (C=N–C) groups is 1. The van der Waals surface area contributed by atoms with Gasteiger partial charge in [-0.3, -0.25) is 14.5 Å². The van der Waals surface area contributed by atoms with Gasteiger partial charge in [-0.05, 0) is 43.2 Å². The molecule has 0 spiro atoms. The Kier molecular flexibility index (Phi) is 7.55. The van der Waals surface area contributed by atoms with Crippen LogP contribution in [0.25, 0.3) is 6.08 Å². The monoisotopic (exact) mass is 487 g/mol. The van der Waals surface area contributed by atoms with Crippen molar-refractivity contribution < 1.29 is 9.59 Å². The van der Waals surface area contributed by atoms with E-state index < -0.39 is 0 Å². The number of amidine groups is 1. The molecule has 32 heavy (non-hydrogen) atoms. The molecule has 1 fully saturated rings. The minimum atomic E-state index is -0.289. The lowest BCUT2D eigenvalue weighted by atomic mass is 9.95. The standard InChI is InChI=1S/C24H23Cl2N3O2S/c25-19-12-7-13-20(26)18(19)14-21-23(31)29(17-10-5-2-6-11-17)24(28-21)32-15-22(30)27-16-8-3-1-4-9-16/h2,5-7,10-14,16H,1,3-4,8-9,15H2,(H,27,30). The largest absolute Gasteiger partial charge is 0.353 e. The fourth-order valence-electron chi connectivity index (χ4n) is 3.83. The van der Waals surface area contributed by atoms with Gasteiger partial charge in [0.1, 0.15) is 5.70 Å². The van der Waals surface area contributed by atoms with Crippen molar-refractivity contribution in [1.29, 1.82) is 0 Å². The predicted molar refractivity (Wildman–Crippen MR) is 133 cm³/mol. The number of rotatable bonds is 5. The summed E-state index contributed by atoms with van der Waals surface area (Å²) >= 11 is 13.8. The first-order valence-electron chi connectivity index (χ1n) is 10.6. The smallest absolute Gasteiger partial charge is 0.283 e. The fourth-order valence-corrected chi connectivity index (χ4v) is 5.16. The Morgan fingerprint density at radius 1 is 1.06 bits per heavy atom. The maximum atomic E-state index is 13.2. The van der Waals surface area contributed by atoms with Crippen molar-refractivity contribution in [2.24, 2.45) is 4.99 Å². The number of anilines is 1. The summed E-state index contributed by atoms with van der Waals surface area (Å²) in [6.45, 7) is 0. The molecule has 0 radical (unpaired) electrons. The topological polar surface area (TPSA) is 61.8 Å². The van der Waals surface area contributed by atoms with Crippen LogP contribution in [0.1, 0.15) is 37.7 Å². The minimum Gasteiger partial charge on any atom is -0.353 e. The number of para-hydroxylation sites is 1. The second kappa shape index (κ2) is 10.6. The van der Waals surface area contributed by atoms with E-state index in [9.17, 15) is 9.59 Å². The van der Waals surface area contributed by atoms with Gasteiger partial charge in [0.05, 0.1) is 11.4 Å². The maximum absolute atomic E-state index is 13.2. The number of hydrogen-bond acceptors (Lipinski definition) is 4. The highest BCUT2D eigenvalue weighted by Gasteiger charge is 2.32. The van der Waals surface area contributed by atoms with Crippen LogP contribution in [0, 0.1) is 0 Å². The average Bonchev–Trinajstić information content (AvgIpc) is 3.11. The molecule has 1 heterocycles. The van der Waals surface area contributed by atoms with E-state index in [0.29, 0.717) is 26.5 Å². The van der Waals surface area contributed by atoms with Crippen LogP contribution >= 0.6 is 35.0 Å². The van der Waals surface area contributed by atoms with Crippen molar-refractivity contribution in [2.45, 2.75) is 38.1 Å². The van der Waals surface area contributed by atoms with E-state index in [2.05, 4.69) is 10.3 Å². The molecule has 2 amide bonds. The van der Waals surface area contributed by atoms with Gasteiger partial charge in [-0.1, -0.05) is 78.5 Å². The molecular weight excluding hydrogens is 465 g/mol. The van der Waals surface area contributed by atoms with E-state index in [-0.39, 0.29) is 29.3 Å². The minimum absolute atomic E-state index is 0.0448. The number of amides is 2. The third kappa shape index (κ3) is 5.37. The molecule has 5 nitrogen and oxygen atoms in total. The SMILES string of the molecule is O=C(CSC1=NC(=Cc2c(Cl)cccc2Cl)C(=O)N1c1ccccc1)NC1CCCCC1. The van der Waals surface area contributed by atoms with Crippen LogP contribution in [0.2, 0.25) is 10.0 Å². The first-order chi connectivity index (χ1) is 15.5. The lowest BCUT2D eigenvalue weighted by molar-refractivity contribution is -0.119. The lowest BCUT2D eigenvalue weighted by Gasteiger charge is -2.23. The van der Waals surface area contributed by atoms with Gasteiger partial charge in [0, 0.05) is 21.7 Å². The summed E-state index contributed by atoms with van der Waals surface area (Å²) in [6.07, 6.45) is 7.18. The molecule has 2 aromatic rings. The number of halogens is 2. The van der Waals surface area contributed by atoms with Gasteiger partial charge in [-0.2, -0.15) is 0 Å². The number of carbonyl (C=O) groups excluding carboxylic acids is 2. The van der Waals surface area contributed by atoms with E-state index in [1.807, 2.05) is 30.3 Å². The van der Waals surface area contributed by atoms with Crippen LogP contribution in [0.15, 0.2) is 59.2 Å². The number of nitrogens with one attached hydrogen (secondary N) is 1. The molecule has 0 aromatic heterocycles. The van der Waals surface area contributed by atoms with Crippen LogP contribution in [0.4, 0.5) is 5.69 Å². The Hall–Kier alpha value is -2.28. The van der Waals surface area contributed by atoms with Crippen LogP contribution in [0.5, 0.6) is 0 Å². The summed E-state index contributed by atoms with van der Waals surface area (Å²) in [4.78, 5) is 31.8. The Morgan fingerprint density at radius 2 is 1.75 bits per heavy atom. The third-order valence-corrected chi connectivity index (χ3v) is 7.03. The molecule has 1 aliphatic heterocycles. The van der Waals surface area contributed by atoms with Crippen molar-refractivity contribution >= 4 is 63.7 Å². The highest BCUT2D eigenvalue weighted by Crippen LogP contribution is 2.32. The molecule has 4 rings (SSSR count). The van der Waals surface area contributed by atoms with Gasteiger partial charge in [0.15, 0.2) is 5.17 Å². The van der Waals surface area contributed by atoms with Crippen molar-refractivity contribution in [3.05, 3.63) is 69.8 Å². The summed E-state index contributed by atoms with van der Waals surface area (Å²) in [5.74, 6) is -0.148. The zero-order chi connectivity index (χ0) is 22.5. The number of benzene rings is 2. The summed E-state index contributed by atoms with van der Waals surface area (Å²) in [5, 5.41) is 4.43. The first kappa shape index (κ1) is 22.9. The van der Waals surface area contributed by atoms with Crippen LogP contribution in [-0.4, -0.2) is 28.8 Å². The van der Waals surface area contributed by atoms with Gasteiger partial charge < -0.3 is 5.32 Å². The molecule has 0 saturated heterocycles. The molecule has 0 bridgehead atoms. The van der Waals surface area contributed by atoms with Crippen molar-refractivity contribution in [3.63, 3.8) is 0 Å². The highest BCUT2D eigenvalue weighted by molar-refractivity contribution is 8.14. The molecular formula is C24H23Cl2N3O2S. The normalized spacial score (nSPS) is 18.2. The van der Waals surface area contributed by atoms with E-state index in [1.54, 1.807) is 24.3 Å². The van der Waals surface area contributed by atoms with Crippen LogP contribution in [0.3, 0.4) is 0 Å². The number of thioether (sulfide) groups is 1. The third-order valence-electron chi connectivity index (χ3n) is 5.43. The molecule has 2 aliphatic rings. The Morgan fingerprint density at radius 3 is 2.44 bits per heavy atom. The molecule has 2 aromatic carbocycles. The average molecular weight is 488 g/mol. The first-order valence-corrected chi connectivity index (χ1v) is 12.3. The lowest BCUT2D eigenvalue weighted by Crippen LogP contribution is -2.38. The van der Waals surface area contributed by atoms with Gasteiger partial charge >= 0.3 is 0 Å². The Bertz CT molecular complexity index is 1050. The zero-order valence-electron chi connectivity index (χ0n) is 17.4. The number of nitrogens with zero attached hydrogens (tertiary/aromatic N) is 2. The Balaban J connectivity index is 1.56. The quantitative estimate of drug-likeness (QED) is 0.532. The second-order valence-electron chi connectivity index (χ2n) is 7.73. The molecule has 1 saturated carbocycles. The molecule has 1 N–H and O–H groups in total. The van der Waals surface area contributed by atoms with Crippen molar-refractivity contribution in [3.8, 4) is 0 Å². The van der Waals surface area contributed by atoms with Crippen molar-refractivity contribution in [1.82, 2.24) is 5.32 Å². The second-order valence-corrected chi connectivity index (χ2v) is 9.48. The van der Waals surface area contributed by atoms with E-state index in [4.69, 9.17) is 23.2 Å². The summed E-state index contributed by atoms with van der Waals surface area (Å²) in [5.41, 5.74) is 1.45. The fraction of sp³-hybridized carbons (Fsp3) is 0.292. The molecule has 0 atom stereocenters. The van der Waals surface area contributed by atoms with Gasteiger partial charge in [0.25, 0.3) is 5.91 Å². The van der Waals surface area contributed by atoms with E-state index >= 15 is 0 Å². The van der Waals surface area contributed by atoms with E-state index in [0.717, 1.165) is 25.7 Å². The molecule has 166 valence electrons. The maximum Gasteiger partial charge on any atom is 0.283 e.